The Morgan fingerprint density at radius 2 is 2.00 bits per heavy atom. The average Bonchev–Trinajstić information content (AvgIpc) is 2.60. The van der Waals surface area contributed by atoms with E-state index in [1.807, 2.05) is 0 Å². The molecule has 1 fully saturated rings. The fourth-order valence-corrected chi connectivity index (χ4v) is 3.25. The van der Waals surface area contributed by atoms with Crippen molar-refractivity contribution in [1.29, 1.82) is 0 Å². The molecule has 0 spiro atoms. The molecule has 3 heteroatoms. The van der Waals surface area contributed by atoms with Crippen molar-refractivity contribution in [2.24, 2.45) is 5.92 Å². The Labute approximate surface area is 102 Å². The predicted molar refractivity (Wildman–Crippen MR) is 71.3 cm³/mol. The van der Waals surface area contributed by atoms with Crippen LogP contribution in [0.3, 0.4) is 0 Å². The molecular weight excluding hydrogens is 216 g/mol. The molecule has 0 atom stereocenters. The zero-order valence-electron chi connectivity index (χ0n) is 10.4. The lowest BCUT2D eigenvalue weighted by Gasteiger charge is -2.21. The van der Waals surface area contributed by atoms with Gasteiger partial charge in [0.25, 0.3) is 0 Å². The van der Waals surface area contributed by atoms with Crippen molar-refractivity contribution < 1.29 is 0 Å². The number of hydrogen-bond acceptors (Lipinski definition) is 3. The molecule has 1 saturated carbocycles. The van der Waals surface area contributed by atoms with Gasteiger partial charge in [-0.3, -0.25) is 0 Å². The summed E-state index contributed by atoms with van der Waals surface area (Å²) in [5.41, 5.74) is 1.17. The third kappa shape index (κ3) is 3.21. The predicted octanol–water partition coefficient (Wildman–Crippen LogP) is 4.14. The van der Waals surface area contributed by atoms with Gasteiger partial charge in [-0.25, -0.2) is 4.98 Å². The van der Waals surface area contributed by atoms with E-state index in [4.69, 9.17) is 0 Å². The van der Waals surface area contributed by atoms with E-state index in [0.29, 0.717) is 0 Å². The first-order chi connectivity index (χ1) is 7.75. The van der Waals surface area contributed by atoms with Crippen LogP contribution in [-0.2, 0) is 0 Å². The number of aryl methyl sites for hydroxylation is 2. The lowest BCUT2D eigenvalue weighted by Crippen LogP contribution is -2.12. The largest absolute Gasteiger partial charge is 0.361 e. The molecule has 0 aliphatic heterocycles. The summed E-state index contributed by atoms with van der Waals surface area (Å²) in [6.45, 7) is 5.31. The van der Waals surface area contributed by atoms with Gasteiger partial charge in [-0.05, 0) is 26.2 Å². The monoisotopic (exact) mass is 238 g/mol. The minimum atomic E-state index is 0.961. The quantitative estimate of drug-likeness (QED) is 0.852. The second-order valence-electron chi connectivity index (χ2n) is 4.88. The molecule has 0 amide bonds. The van der Waals surface area contributed by atoms with Crippen molar-refractivity contribution >= 4 is 16.5 Å². The van der Waals surface area contributed by atoms with Crippen molar-refractivity contribution in [3.05, 3.63) is 10.6 Å². The first-order valence-corrected chi connectivity index (χ1v) is 7.25. The number of hydrogen-bond donors (Lipinski definition) is 1. The second-order valence-corrected chi connectivity index (χ2v) is 6.08. The molecule has 0 aromatic carbocycles. The first-order valence-electron chi connectivity index (χ1n) is 6.43. The summed E-state index contributed by atoms with van der Waals surface area (Å²) >= 11 is 1.78. The van der Waals surface area contributed by atoms with Crippen LogP contribution in [0.25, 0.3) is 0 Å². The van der Waals surface area contributed by atoms with Gasteiger partial charge in [-0.1, -0.05) is 32.1 Å². The van der Waals surface area contributed by atoms with E-state index in [-0.39, 0.29) is 0 Å². The second kappa shape index (κ2) is 5.67. The maximum Gasteiger partial charge on any atom is 0.183 e. The standard InChI is InChI=1S/C13H22N2S/c1-10-11(2)16-13(15-10)14-9-8-12-6-4-3-5-7-12/h12H,3-9H2,1-2H3,(H,14,15). The van der Waals surface area contributed by atoms with Gasteiger partial charge in [0.15, 0.2) is 5.13 Å². The Morgan fingerprint density at radius 1 is 1.25 bits per heavy atom. The Kier molecular flexibility index (Phi) is 4.22. The highest BCUT2D eigenvalue weighted by molar-refractivity contribution is 7.15. The van der Waals surface area contributed by atoms with E-state index in [0.717, 1.165) is 17.6 Å². The molecular formula is C13H22N2S. The van der Waals surface area contributed by atoms with Crippen molar-refractivity contribution in [3.63, 3.8) is 0 Å². The minimum Gasteiger partial charge on any atom is -0.361 e. The third-order valence-corrected chi connectivity index (χ3v) is 4.61. The first kappa shape index (κ1) is 11.9. The van der Waals surface area contributed by atoms with Gasteiger partial charge in [0.05, 0.1) is 5.69 Å². The maximum absolute atomic E-state index is 4.50. The van der Waals surface area contributed by atoms with Crippen LogP contribution in [0.2, 0.25) is 0 Å². The summed E-state index contributed by atoms with van der Waals surface area (Å²) in [4.78, 5) is 5.83. The summed E-state index contributed by atoms with van der Waals surface area (Å²) < 4.78 is 0. The van der Waals surface area contributed by atoms with Crippen molar-refractivity contribution in [1.82, 2.24) is 4.98 Å². The SMILES string of the molecule is Cc1nc(NCCC2CCCCC2)sc1C. The van der Waals surface area contributed by atoms with Gasteiger partial charge < -0.3 is 5.32 Å². The van der Waals surface area contributed by atoms with Gasteiger partial charge >= 0.3 is 0 Å². The zero-order valence-corrected chi connectivity index (χ0v) is 11.2. The van der Waals surface area contributed by atoms with E-state index < -0.39 is 0 Å². The lowest BCUT2D eigenvalue weighted by molar-refractivity contribution is 0.345. The number of nitrogens with zero attached hydrogens (tertiary/aromatic N) is 1. The fourth-order valence-electron chi connectivity index (χ4n) is 2.41. The van der Waals surface area contributed by atoms with E-state index in [2.05, 4.69) is 24.1 Å². The minimum absolute atomic E-state index is 0.961. The molecule has 1 heterocycles. The average molecular weight is 238 g/mol. The summed E-state index contributed by atoms with van der Waals surface area (Å²) in [5.74, 6) is 0.961. The molecule has 0 radical (unpaired) electrons. The van der Waals surface area contributed by atoms with Gasteiger partial charge in [-0.2, -0.15) is 0 Å². The summed E-state index contributed by atoms with van der Waals surface area (Å²) in [6, 6.07) is 0. The topological polar surface area (TPSA) is 24.9 Å². The molecule has 1 aromatic rings. The number of nitrogens with one attached hydrogen (secondary N) is 1. The molecule has 1 aromatic heterocycles. The van der Waals surface area contributed by atoms with Crippen molar-refractivity contribution in [2.75, 3.05) is 11.9 Å². The summed E-state index contributed by atoms with van der Waals surface area (Å²) in [5, 5.41) is 4.56. The van der Waals surface area contributed by atoms with E-state index in [9.17, 15) is 0 Å². The van der Waals surface area contributed by atoms with Gasteiger partial charge in [0.1, 0.15) is 0 Å². The van der Waals surface area contributed by atoms with E-state index >= 15 is 0 Å². The van der Waals surface area contributed by atoms with Crippen LogP contribution in [0.1, 0.15) is 49.1 Å². The molecule has 2 nitrogen and oxygen atoms in total. The molecule has 2 rings (SSSR count). The highest BCUT2D eigenvalue weighted by Gasteiger charge is 2.12. The third-order valence-electron chi connectivity index (χ3n) is 3.58. The zero-order chi connectivity index (χ0) is 11.4. The fraction of sp³-hybridized carbons (Fsp3) is 0.769. The van der Waals surface area contributed by atoms with Crippen LogP contribution in [0.15, 0.2) is 0 Å². The molecule has 0 unspecified atom stereocenters. The summed E-state index contributed by atoms with van der Waals surface area (Å²) in [6.07, 6.45) is 8.54. The molecule has 1 N–H and O–H groups in total. The maximum atomic E-state index is 4.50. The Balaban J connectivity index is 1.71. The van der Waals surface area contributed by atoms with Crippen LogP contribution in [0.4, 0.5) is 5.13 Å². The van der Waals surface area contributed by atoms with Gasteiger partial charge in [0.2, 0.25) is 0 Å². The van der Waals surface area contributed by atoms with Crippen molar-refractivity contribution in [2.45, 2.75) is 52.4 Å². The molecule has 1 aliphatic rings. The number of aromatic nitrogens is 1. The Morgan fingerprint density at radius 3 is 2.62 bits per heavy atom. The van der Waals surface area contributed by atoms with Crippen LogP contribution < -0.4 is 5.32 Å². The van der Waals surface area contributed by atoms with E-state index in [1.165, 1.54) is 49.1 Å². The van der Waals surface area contributed by atoms with Crippen LogP contribution in [0.5, 0.6) is 0 Å². The van der Waals surface area contributed by atoms with Crippen LogP contribution in [-0.4, -0.2) is 11.5 Å². The van der Waals surface area contributed by atoms with Crippen LogP contribution in [0, 0.1) is 19.8 Å². The highest BCUT2D eigenvalue weighted by Crippen LogP contribution is 2.27. The normalized spacial score (nSPS) is 17.6. The molecule has 1 aliphatic carbocycles. The number of thiazole rings is 1. The number of rotatable bonds is 4. The van der Waals surface area contributed by atoms with Crippen LogP contribution >= 0.6 is 11.3 Å². The van der Waals surface area contributed by atoms with Gasteiger partial charge in [-0.15, -0.1) is 11.3 Å². The number of anilines is 1. The summed E-state index contributed by atoms with van der Waals surface area (Å²) in [7, 11) is 0. The van der Waals surface area contributed by atoms with Gasteiger partial charge in [0, 0.05) is 11.4 Å². The molecule has 0 saturated heterocycles. The lowest BCUT2D eigenvalue weighted by atomic mass is 9.87. The van der Waals surface area contributed by atoms with Crippen molar-refractivity contribution in [3.8, 4) is 0 Å². The van der Waals surface area contributed by atoms with E-state index in [1.54, 1.807) is 11.3 Å². The molecule has 0 bridgehead atoms. The molecule has 16 heavy (non-hydrogen) atoms. The smallest absolute Gasteiger partial charge is 0.183 e. The molecule has 90 valence electrons. The Bertz CT molecular complexity index is 307. The highest BCUT2D eigenvalue weighted by atomic mass is 32.1. The Hall–Kier alpha value is -0.570.